The third kappa shape index (κ3) is 4.91. The second-order valence-corrected chi connectivity index (χ2v) is 7.84. The van der Waals surface area contributed by atoms with Gasteiger partial charge in [-0.1, -0.05) is 66.0 Å². The van der Waals surface area contributed by atoms with E-state index < -0.39 is 5.56 Å². The fourth-order valence-electron chi connectivity index (χ4n) is 2.07. The Labute approximate surface area is 156 Å². The summed E-state index contributed by atoms with van der Waals surface area (Å²) in [6, 6.07) is 9.69. The van der Waals surface area contributed by atoms with E-state index in [0.29, 0.717) is 23.3 Å². The second-order valence-electron chi connectivity index (χ2n) is 5.86. The maximum absolute atomic E-state index is 6.47. The Hall–Kier alpha value is -0.640. The molecular formula is C18H21BrCl2O2. The average molecular weight is 420 g/mol. The molecule has 0 aliphatic heterocycles. The summed E-state index contributed by atoms with van der Waals surface area (Å²) in [6.45, 7) is 6.98. The Balaban J connectivity index is 2.24. The normalized spacial score (nSPS) is 14.0. The maximum Gasteiger partial charge on any atom is 0.184 e. The van der Waals surface area contributed by atoms with Crippen LogP contribution in [0.3, 0.4) is 0 Å². The van der Waals surface area contributed by atoms with Gasteiger partial charge in [-0.05, 0) is 42.0 Å². The fourth-order valence-corrected chi connectivity index (χ4v) is 2.74. The number of hydrogen-bond acceptors (Lipinski definition) is 2. The summed E-state index contributed by atoms with van der Waals surface area (Å²) < 4.78 is 11.5. The van der Waals surface area contributed by atoms with Gasteiger partial charge in [-0.3, -0.25) is 0 Å². The van der Waals surface area contributed by atoms with Crippen molar-refractivity contribution < 1.29 is 9.47 Å². The number of ether oxygens (including phenoxy) is 2. The van der Waals surface area contributed by atoms with Crippen LogP contribution in [0, 0.1) is 5.92 Å². The Morgan fingerprint density at radius 3 is 2.57 bits per heavy atom. The minimum absolute atomic E-state index is 0.0720. The van der Waals surface area contributed by atoms with Crippen LogP contribution in [0.4, 0.5) is 0 Å². The molecule has 2 nitrogen and oxygen atoms in total. The monoisotopic (exact) mass is 418 g/mol. The molecule has 0 spiro atoms. The standard InChI is InChI=1S/C18H21BrCl2O2/c1-4-15(19)18(21)23-16-8-5-12-9-13(22-10-11(2)3)6-7-14(12)17(16)20/h5-9,11,15,18H,4,10H2,1-3H3. The molecule has 23 heavy (non-hydrogen) atoms. The van der Waals surface area contributed by atoms with Gasteiger partial charge in [-0.15, -0.1) is 0 Å². The molecule has 2 unspecified atom stereocenters. The van der Waals surface area contributed by atoms with Gasteiger partial charge < -0.3 is 9.47 Å². The van der Waals surface area contributed by atoms with Crippen LogP contribution < -0.4 is 9.47 Å². The van der Waals surface area contributed by atoms with Crippen LogP contribution in [-0.2, 0) is 0 Å². The van der Waals surface area contributed by atoms with E-state index in [9.17, 15) is 0 Å². The maximum atomic E-state index is 6.47. The Kier molecular flexibility index (Phi) is 6.87. The first-order valence-electron chi connectivity index (χ1n) is 7.72. The lowest BCUT2D eigenvalue weighted by atomic mass is 10.1. The van der Waals surface area contributed by atoms with Gasteiger partial charge in [-0.25, -0.2) is 0 Å². The summed E-state index contributed by atoms with van der Waals surface area (Å²) in [6.07, 6.45) is 0.871. The summed E-state index contributed by atoms with van der Waals surface area (Å²) in [5, 5.41) is 2.51. The predicted octanol–water partition coefficient (Wildman–Crippen LogP) is 6.65. The molecule has 0 bridgehead atoms. The van der Waals surface area contributed by atoms with E-state index in [4.69, 9.17) is 32.7 Å². The molecule has 0 saturated carbocycles. The van der Waals surface area contributed by atoms with Gasteiger partial charge in [0.2, 0.25) is 0 Å². The first-order valence-corrected chi connectivity index (χ1v) is 9.45. The van der Waals surface area contributed by atoms with Crippen molar-refractivity contribution in [1.82, 2.24) is 0 Å². The van der Waals surface area contributed by atoms with E-state index in [2.05, 4.69) is 29.8 Å². The van der Waals surface area contributed by atoms with Crippen LogP contribution in [0.15, 0.2) is 30.3 Å². The number of rotatable bonds is 7. The van der Waals surface area contributed by atoms with E-state index in [1.165, 1.54) is 0 Å². The van der Waals surface area contributed by atoms with Crippen molar-refractivity contribution in [1.29, 1.82) is 0 Å². The molecular weight excluding hydrogens is 399 g/mol. The zero-order valence-corrected chi connectivity index (χ0v) is 16.6. The molecule has 0 aliphatic carbocycles. The SMILES string of the molecule is CCC(Br)C(Cl)Oc1ccc2cc(OCC(C)C)ccc2c1Cl. The molecule has 2 rings (SSSR count). The quantitative estimate of drug-likeness (QED) is 0.468. The first-order chi connectivity index (χ1) is 10.9. The zero-order chi connectivity index (χ0) is 17.0. The molecule has 2 aromatic carbocycles. The largest absolute Gasteiger partial charge is 0.493 e. The van der Waals surface area contributed by atoms with Crippen molar-refractivity contribution in [2.24, 2.45) is 5.92 Å². The second kappa shape index (κ2) is 8.46. The van der Waals surface area contributed by atoms with Crippen LogP contribution in [-0.4, -0.2) is 17.0 Å². The molecule has 0 saturated heterocycles. The summed E-state index contributed by atoms with van der Waals surface area (Å²) >= 11 is 16.2. The van der Waals surface area contributed by atoms with Gasteiger partial charge >= 0.3 is 0 Å². The zero-order valence-electron chi connectivity index (χ0n) is 13.5. The van der Waals surface area contributed by atoms with Gasteiger partial charge in [0.05, 0.1) is 16.5 Å². The minimum atomic E-state index is -0.469. The van der Waals surface area contributed by atoms with Gasteiger partial charge in [-0.2, -0.15) is 0 Å². The average Bonchev–Trinajstić information content (AvgIpc) is 2.54. The molecule has 0 heterocycles. The lowest BCUT2D eigenvalue weighted by Gasteiger charge is -2.18. The summed E-state index contributed by atoms with van der Waals surface area (Å²) in [4.78, 5) is 0.0720. The van der Waals surface area contributed by atoms with Gasteiger partial charge in [0.25, 0.3) is 0 Å². The molecule has 2 aromatic rings. The predicted molar refractivity (Wildman–Crippen MR) is 103 cm³/mol. The smallest absolute Gasteiger partial charge is 0.184 e. The van der Waals surface area contributed by atoms with Crippen molar-refractivity contribution in [3.05, 3.63) is 35.4 Å². The van der Waals surface area contributed by atoms with E-state index in [1.807, 2.05) is 37.3 Å². The lowest BCUT2D eigenvalue weighted by molar-refractivity contribution is 0.271. The number of alkyl halides is 2. The third-order valence-corrected chi connectivity index (χ3v) is 5.60. The van der Waals surface area contributed by atoms with E-state index in [0.717, 1.165) is 22.9 Å². The molecule has 5 heteroatoms. The Morgan fingerprint density at radius 2 is 1.91 bits per heavy atom. The molecule has 0 N–H and O–H groups in total. The van der Waals surface area contributed by atoms with E-state index in [1.54, 1.807) is 0 Å². The van der Waals surface area contributed by atoms with Crippen molar-refractivity contribution in [3.63, 3.8) is 0 Å². The number of benzene rings is 2. The Morgan fingerprint density at radius 1 is 1.17 bits per heavy atom. The summed E-state index contributed by atoms with van der Waals surface area (Å²) in [5.41, 5.74) is -0.469. The van der Waals surface area contributed by atoms with Gasteiger partial charge in [0, 0.05) is 5.39 Å². The molecule has 0 amide bonds. The molecule has 0 aromatic heterocycles. The highest BCUT2D eigenvalue weighted by Crippen LogP contribution is 2.36. The van der Waals surface area contributed by atoms with Crippen molar-refractivity contribution >= 4 is 49.9 Å². The van der Waals surface area contributed by atoms with Crippen molar-refractivity contribution in [2.45, 2.75) is 37.6 Å². The summed E-state index contributed by atoms with van der Waals surface area (Å²) in [7, 11) is 0. The molecule has 2 atom stereocenters. The minimum Gasteiger partial charge on any atom is -0.493 e. The number of halogens is 3. The van der Waals surface area contributed by atoms with E-state index >= 15 is 0 Å². The first kappa shape index (κ1) is 18.7. The highest BCUT2D eigenvalue weighted by atomic mass is 79.9. The molecule has 0 fully saturated rings. The highest BCUT2D eigenvalue weighted by molar-refractivity contribution is 9.09. The topological polar surface area (TPSA) is 18.5 Å². The van der Waals surface area contributed by atoms with E-state index in [-0.39, 0.29) is 4.83 Å². The molecule has 0 radical (unpaired) electrons. The van der Waals surface area contributed by atoms with Gasteiger partial charge in [0.15, 0.2) is 5.56 Å². The Bertz CT molecular complexity index is 661. The highest BCUT2D eigenvalue weighted by Gasteiger charge is 2.18. The van der Waals surface area contributed by atoms with Crippen LogP contribution >= 0.6 is 39.1 Å². The number of hydrogen-bond donors (Lipinski definition) is 0. The fraction of sp³-hybridized carbons (Fsp3) is 0.444. The van der Waals surface area contributed by atoms with Crippen molar-refractivity contribution in [2.75, 3.05) is 6.61 Å². The third-order valence-electron chi connectivity index (χ3n) is 3.39. The summed E-state index contributed by atoms with van der Waals surface area (Å²) in [5.74, 6) is 1.92. The lowest BCUT2D eigenvalue weighted by Crippen LogP contribution is -2.20. The number of fused-ring (bicyclic) bond motifs is 1. The van der Waals surface area contributed by atoms with Crippen LogP contribution in [0.1, 0.15) is 27.2 Å². The molecule has 0 aliphatic rings. The molecule has 126 valence electrons. The van der Waals surface area contributed by atoms with Crippen molar-refractivity contribution in [3.8, 4) is 11.5 Å². The van der Waals surface area contributed by atoms with Crippen LogP contribution in [0.2, 0.25) is 5.02 Å². The van der Waals surface area contributed by atoms with Crippen LogP contribution in [0.25, 0.3) is 10.8 Å². The van der Waals surface area contributed by atoms with Gasteiger partial charge in [0.1, 0.15) is 11.5 Å². The van der Waals surface area contributed by atoms with Crippen LogP contribution in [0.5, 0.6) is 11.5 Å².